The third-order valence-corrected chi connectivity index (χ3v) is 5.01. The molecule has 1 saturated heterocycles. The fraction of sp³-hybridized carbons (Fsp3) is 1.00. The van der Waals surface area contributed by atoms with Crippen LogP contribution < -0.4 is 5.73 Å². The lowest BCUT2D eigenvalue weighted by Gasteiger charge is -2.16. The summed E-state index contributed by atoms with van der Waals surface area (Å²) in [5, 5.41) is -0.398. The van der Waals surface area contributed by atoms with Crippen LogP contribution in [-0.4, -0.2) is 50.5 Å². The van der Waals surface area contributed by atoms with Gasteiger partial charge in [-0.25, -0.2) is 8.42 Å². The van der Waals surface area contributed by atoms with E-state index in [4.69, 9.17) is 5.73 Å². The van der Waals surface area contributed by atoms with Crippen LogP contribution in [0.15, 0.2) is 0 Å². The molecule has 1 heterocycles. The molecule has 0 aromatic carbocycles. The maximum Gasteiger partial charge on any atom is 0.155 e. The highest BCUT2D eigenvalue weighted by molar-refractivity contribution is 7.92. The molecule has 1 aliphatic heterocycles. The van der Waals surface area contributed by atoms with E-state index in [1.807, 2.05) is 0 Å². The third-order valence-electron chi connectivity index (χ3n) is 2.84. The van der Waals surface area contributed by atoms with Crippen LogP contribution in [0.2, 0.25) is 0 Å². The molecule has 0 saturated carbocycles. The Hall–Kier alpha value is -0.130. The monoisotopic (exact) mass is 220 g/mol. The minimum atomic E-state index is -2.96. The smallest absolute Gasteiger partial charge is 0.155 e. The van der Waals surface area contributed by atoms with Gasteiger partial charge in [-0.15, -0.1) is 0 Å². The molecule has 14 heavy (non-hydrogen) atoms. The number of hydrogen-bond acceptors (Lipinski definition) is 4. The first-order valence-corrected chi connectivity index (χ1v) is 6.92. The molecule has 1 unspecified atom stereocenters. The average molecular weight is 220 g/mol. The van der Waals surface area contributed by atoms with Crippen LogP contribution in [0, 0.1) is 0 Å². The summed E-state index contributed by atoms with van der Waals surface area (Å²) in [7, 11) is -2.96. The van der Waals surface area contributed by atoms with E-state index in [1.54, 1.807) is 6.92 Å². The van der Waals surface area contributed by atoms with Crippen molar-refractivity contribution in [2.75, 3.05) is 31.9 Å². The van der Waals surface area contributed by atoms with Crippen molar-refractivity contribution in [3.63, 3.8) is 0 Å². The summed E-state index contributed by atoms with van der Waals surface area (Å²) in [4.78, 5) is 2.21. The molecule has 4 nitrogen and oxygen atoms in total. The van der Waals surface area contributed by atoms with Gasteiger partial charge in [0.1, 0.15) is 0 Å². The normalized spacial score (nSPS) is 21.3. The summed E-state index contributed by atoms with van der Waals surface area (Å²) in [6.45, 7) is 4.67. The van der Waals surface area contributed by atoms with Crippen molar-refractivity contribution in [1.29, 1.82) is 0 Å². The predicted octanol–water partition coefficient (Wildman–Crippen LogP) is -0.156. The van der Waals surface area contributed by atoms with Crippen molar-refractivity contribution in [3.05, 3.63) is 0 Å². The Balaban J connectivity index is 2.35. The Morgan fingerprint density at radius 2 is 1.93 bits per heavy atom. The maximum absolute atomic E-state index is 11.6. The molecule has 0 aliphatic carbocycles. The quantitative estimate of drug-likeness (QED) is 0.699. The van der Waals surface area contributed by atoms with E-state index < -0.39 is 15.1 Å². The van der Waals surface area contributed by atoms with Gasteiger partial charge in [-0.05, 0) is 32.9 Å². The van der Waals surface area contributed by atoms with Gasteiger partial charge in [-0.2, -0.15) is 0 Å². The van der Waals surface area contributed by atoms with E-state index in [0.29, 0.717) is 6.54 Å². The van der Waals surface area contributed by atoms with Crippen LogP contribution in [0.1, 0.15) is 19.8 Å². The zero-order valence-corrected chi connectivity index (χ0v) is 9.59. The van der Waals surface area contributed by atoms with Gasteiger partial charge in [-0.1, -0.05) is 0 Å². The Morgan fingerprint density at radius 1 is 1.36 bits per heavy atom. The second-order valence-electron chi connectivity index (χ2n) is 3.96. The van der Waals surface area contributed by atoms with Gasteiger partial charge in [0.05, 0.1) is 11.0 Å². The summed E-state index contributed by atoms with van der Waals surface area (Å²) >= 11 is 0. The van der Waals surface area contributed by atoms with Crippen LogP contribution in [0.5, 0.6) is 0 Å². The molecule has 1 rings (SSSR count). The summed E-state index contributed by atoms with van der Waals surface area (Å²) in [6, 6.07) is 0. The Bertz CT molecular complexity index is 258. The summed E-state index contributed by atoms with van der Waals surface area (Å²) in [5.41, 5.74) is 5.35. The Labute approximate surface area is 86.4 Å². The summed E-state index contributed by atoms with van der Waals surface area (Å²) < 4.78 is 23.2. The van der Waals surface area contributed by atoms with Gasteiger partial charge in [0.25, 0.3) is 0 Å². The van der Waals surface area contributed by atoms with Gasteiger partial charge in [-0.3, -0.25) is 0 Å². The van der Waals surface area contributed by atoms with Crippen molar-refractivity contribution in [2.24, 2.45) is 5.73 Å². The number of likely N-dealkylation sites (tertiary alicyclic amines) is 1. The number of rotatable bonds is 5. The van der Waals surface area contributed by atoms with Gasteiger partial charge in [0.2, 0.25) is 0 Å². The average Bonchev–Trinajstić information content (AvgIpc) is 2.66. The van der Waals surface area contributed by atoms with Crippen molar-refractivity contribution in [3.8, 4) is 0 Å². The second-order valence-corrected chi connectivity index (χ2v) is 6.50. The first-order chi connectivity index (χ1) is 6.56. The highest BCUT2D eigenvalue weighted by Gasteiger charge is 2.21. The number of sulfone groups is 1. The van der Waals surface area contributed by atoms with Crippen LogP contribution in [0.25, 0.3) is 0 Å². The molecular weight excluding hydrogens is 200 g/mol. The van der Waals surface area contributed by atoms with Crippen LogP contribution in [-0.2, 0) is 9.84 Å². The molecule has 2 N–H and O–H groups in total. The lowest BCUT2D eigenvalue weighted by Crippen LogP contribution is -2.34. The SMILES string of the molecule is CC(CN)S(=O)(=O)CCN1CCCC1. The maximum atomic E-state index is 11.6. The zero-order valence-electron chi connectivity index (χ0n) is 8.78. The van der Waals surface area contributed by atoms with E-state index >= 15 is 0 Å². The van der Waals surface area contributed by atoms with Crippen LogP contribution in [0.4, 0.5) is 0 Å². The topological polar surface area (TPSA) is 63.4 Å². The molecule has 0 amide bonds. The lowest BCUT2D eigenvalue weighted by molar-refractivity contribution is 0.359. The number of nitrogens with zero attached hydrogens (tertiary/aromatic N) is 1. The van der Waals surface area contributed by atoms with Gasteiger partial charge in [0.15, 0.2) is 9.84 Å². The third kappa shape index (κ3) is 3.22. The summed E-state index contributed by atoms with van der Waals surface area (Å²) in [5.74, 6) is 0.255. The molecule has 0 spiro atoms. The molecule has 0 bridgehead atoms. The molecule has 0 aromatic rings. The van der Waals surface area contributed by atoms with Crippen molar-refractivity contribution in [1.82, 2.24) is 4.90 Å². The van der Waals surface area contributed by atoms with Gasteiger partial charge >= 0.3 is 0 Å². The molecule has 1 aliphatic rings. The van der Waals surface area contributed by atoms with Gasteiger partial charge in [0, 0.05) is 13.1 Å². The van der Waals surface area contributed by atoms with E-state index in [-0.39, 0.29) is 12.3 Å². The molecule has 0 aromatic heterocycles. The fourth-order valence-electron chi connectivity index (χ4n) is 1.61. The van der Waals surface area contributed by atoms with Crippen LogP contribution in [0.3, 0.4) is 0 Å². The Kier molecular flexibility index (Phi) is 4.34. The Morgan fingerprint density at radius 3 is 2.43 bits per heavy atom. The van der Waals surface area contributed by atoms with Crippen molar-refractivity contribution in [2.45, 2.75) is 25.0 Å². The molecule has 1 atom stereocenters. The number of hydrogen-bond donors (Lipinski definition) is 1. The largest absolute Gasteiger partial charge is 0.329 e. The molecular formula is C9H20N2O2S. The lowest BCUT2D eigenvalue weighted by atomic mass is 10.4. The predicted molar refractivity (Wildman–Crippen MR) is 58.0 cm³/mol. The molecule has 5 heteroatoms. The van der Waals surface area contributed by atoms with E-state index in [0.717, 1.165) is 13.1 Å². The van der Waals surface area contributed by atoms with E-state index in [9.17, 15) is 8.42 Å². The van der Waals surface area contributed by atoms with Crippen molar-refractivity contribution >= 4 is 9.84 Å². The van der Waals surface area contributed by atoms with Gasteiger partial charge < -0.3 is 10.6 Å². The second kappa shape index (κ2) is 5.09. The first kappa shape index (κ1) is 11.9. The standard InChI is InChI=1S/C9H20N2O2S/c1-9(8-10)14(12,13)7-6-11-4-2-3-5-11/h9H,2-8,10H2,1H3. The molecule has 84 valence electrons. The highest BCUT2D eigenvalue weighted by atomic mass is 32.2. The first-order valence-electron chi connectivity index (χ1n) is 5.20. The highest BCUT2D eigenvalue weighted by Crippen LogP contribution is 2.08. The minimum Gasteiger partial charge on any atom is -0.329 e. The van der Waals surface area contributed by atoms with Crippen LogP contribution >= 0.6 is 0 Å². The molecule has 1 fully saturated rings. The number of nitrogens with two attached hydrogens (primary N) is 1. The zero-order chi connectivity index (χ0) is 10.6. The fourth-order valence-corrected chi connectivity index (χ4v) is 2.82. The van der Waals surface area contributed by atoms with E-state index in [1.165, 1.54) is 12.8 Å². The summed E-state index contributed by atoms with van der Waals surface area (Å²) in [6.07, 6.45) is 2.40. The molecule has 0 radical (unpaired) electrons. The minimum absolute atomic E-state index is 0.225. The van der Waals surface area contributed by atoms with E-state index in [2.05, 4.69) is 4.90 Å². The van der Waals surface area contributed by atoms with Crippen molar-refractivity contribution < 1.29 is 8.42 Å².